The summed E-state index contributed by atoms with van der Waals surface area (Å²) in [5.74, 6) is 0. The normalized spacial score (nSPS) is 12.2. The molecule has 222 valence electrons. The first-order valence-electron chi connectivity index (χ1n) is 16.4. The molecule has 0 saturated carbocycles. The van der Waals surface area contributed by atoms with Crippen LogP contribution in [-0.4, -0.2) is 0 Å². The van der Waals surface area contributed by atoms with E-state index in [9.17, 15) is 0 Å². The van der Waals surface area contributed by atoms with E-state index >= 15 is 0 Å². The van der Waals surface area contributed by atoms with Gasteiger partial charge in [-0.1, -0.05) is 133 Å². The van der Waals surface area contributed by atoms with Gasteiger partial charge in [-0.15, -0.1) is 0 Å². The Morgan fingerprint density at radius 3 is 0.917 bits per heavy atom. The zero-order chi connectivity index (χ0) is 31.3. The fourth-order valence-corrected chi connectivity index (χ4v) is 8.22. The molecule has 11 rings (SSSR count). The maximum atomic E-state index is 6.50. The second-order valence-electron chi connectivity index (χ2n) is 12.7. The SMILES string of the molecule is c1ccc2c(c1)oc1c3ccccc3c(-c3c4ccccc4c(-c4cc5c6ccccc6oc5c5ccccc45)c4ccccc34)cc21. The van der Waals surface area contributed by atoms with E-state index in [0.29, 0.717) is 0 Å². The number of para-hydroxylation sites is 2. The van der Waals surface area contributed by atoms with Gasteiger partial charge in [-0.2, -0.15) is 0 Å². The van der Waals surface area contributed by atoms with Crippen LogP contribution in [0.4, 0.5) is 0 Å². The molecule has 0 aliphatic carbocycles. The summed E-state index contributed by atoms with van der Waals surface area (Å²) < 4.78 is 13.0. The maximum Gasteiger partial charge on any atom is 0.143 e. The van der Waals surface area contributed by atoms with E-state index in [0.717, 1.165) is 54.6 Å². The molecule has 0 N–H and O–H groups in total. The van der Waals surface area contributed by atoms with E-state index in [4.69, 9.17) is 8.83 Å². The molecule has 0 aliphatic heterocycles. The lowest BCUT2D eigenvalue weighted by atomic mass is 9.83. The third-order valence-corrected chi connectivity index (χ3v) is 10.2. The summed E-state index contributed by atoms with van der Waals surface area (Å²) in [7, 11) is 0. The number of rotatable bonds is 2. The molecule has 2 heterocycles. The van der Waals surface area contributed by atoms with Crippen molar-refractivity contribution in [2.75, 3.05) is 0 Å². The molecule has 2 heteroatoms. The summed E-state index contributed by atoms with van der Waals surface area (Å²) in [4.78, 5) is 0. The van der Waals surface area contributed by atoms with E-state index in [1.54, 1.807) is 0 Å². The van der Waals surface area contributed by atoms with Crippen LogP contribution in [0.5, 0.6) is 0 Å². The van der Waals surface area contributed by atoms with Gasteiger partial charge in [0, 0.05) is 32.3 Å². The van der Waals surface area contributed by atoms with Gasteiger partial charge in [-0.25, -0.2) is 0 Å². The number of furan rings is 2. The monoisotopic (exact) mass is 610 g/mol. The lowest BCUT2D eigenvalue weighted by molar-refractivity contribution is 0.672. The van der Waals surface area contributed by atoms with Gasteiger partial charge in [0.2, 0.25) is 0 Å². The van der Waals surface area contributed by atoms with Gasteiger partial charge < -0.3 is 8.83 Å². The average Bonchev–Trinajstić information content (AvgIpc) is 3.72. The Hall–Kier alpha value is -6.38. The molecule has 0 bridgehead atoms. The summed E-state index contributed by atoms with van der Waals surface area (Å²) in [6.45, 7) is 0. The van der Waals surface area contributed by atoms with Crippen molar-refractivity contribution in [2.45, 2.75) is 0 Å². The quantitative estimate of drug-likeness (QED) is 0.182. The predicted molar refractivity (Wildman–Crippen MR) is 202 cm³/mol. The third-order valence-electron chi connectivity index (χ3n) is 10.2. The van der Waals surface area contributed by atoms with Crippen LogP contribution in [0.2, 0.25) is 0 Å². The standard InChI is InChI=1S/C46H26O2/c1-7-21-35-27(13-1)37(25-39-29-15-9-11-23-41(29)47-45(35)39)43-31-17-3-5-19-33(31)44(34-20-6-4-18-32(34)43)38-26-40-30-16-10-12-24-42(30)48-46(40)36-22-8-2-14-28(36)38/h1-26H. The Morgan fingerprint density at radius 2 is 0.542 bits per heavy atom. The van der Waals surface area contributed by atoms with E-state index in [2.05, 4.69) is 146 Å². The molecular weight excluding hydrogens is 585 g/mol. The van der Waals surface area contributed by atoms with Crippen LogP contribution < -0.4 is 0 Å². The largest absolute Gasteiger partial charge is 0.455 e. The molecular formula is C46H26O2. The van der Waals surface area contributed by atoms with Crippen LogP contribution in [0, 0.1) is 0 Å². The minimum Gasteiger partial charge on any atom is -0.455 e. The molecule has 0 spiro atoms. The molecule has 0 fully saturated rings. The molecule has 0 aliphatic rings. The van der Waals surface area contributed by atoms with Crippen molar-refractivity contribution in [3.8, 4) is 22.3 Å². The van der Waals surface area contributed by atoms with Crippen molar-refractivity contribution >= 4 is 87.0 Å². The van der Waals surface area contributed by atoms with E-state index < -0.39 is 0 Å². The predicted octanol–water partition coefficient (Wildman–Crippen LogP) is 13.4. The third kappa shape index (κ3) is 3.41. The summed E-state index contributed by atoms with van der Waals surface area (Å²) >= 11 is 0. The average molecular weight is 611 g/mol. The van der Waals surface area contributed by atoms with Gasteiger partial charge in [0.05, 0.1) is 0 Å². The topological polar surface area (TPSA) is 26.3 Å². The highest BCUT2D eigenvalue weighted by atomic mass is 16.3. The highest BCUT2D eigenvalue weighted by molar-refractivity contribution is 6.29. The Bertz CT molecular complexity index is 2850. The summed E-state index contributed by atoms with van der Waals surface area (Å²) in [5, 5.41) is 14.1. The molecule has 2 aromatic heterocycles. The van der Waals surface area contributed by atoms with Gasteiger partial charge in [0.1, 0.15) is 22.3 Å². The molecule has 48 heavy (non-hydrogen) atoms. The van der Waals surface area contributed by atoms with Crippen molar-refractivity contribution in [1.29, 1.82) is 0 Å². The second kappa shape index (κ2) is 9.57. The molecule has 0 saturated heterocycles. The van der Waals surface area contributed by atoms with Crippen molar-refractivity contribution in [3.05, 3.63) is 158 Å². The number of hydrogen-bond donors (Lipinski definition) is 0. The van der Waals surface area contributed by atoms with Crippen LogP contribution in [0.25, 0.3) is 109 Å². The first kappa shape index (κ1) is 25.8. The summed E-state index contributed by atoms with van der Waals surface area (Å²) in [6, 6.07) is 56.6. The van der Waals surface area contributed by atoms with Crippen molar-refractivity contribution in [2.24, 2.45) is 0 Å². The zero-order valence-electron chi connectivity index (χ0n) is 25.8. The lowest BCUT2D eigenvalue weighted by Gasteiger charge is -2.20. The van der Waals surface area contributed by atoms with E-state index in [1.165, 1.54) is 54.6 Å². The van der Waals surface area contributed by atoms with Crippen LogP contribution in [0.15, 0.2) is 167 Å². The van der Waals surface area contributed by atoms with Gasteiger partial charge in [0.15, 0.2) is 0 Å². The molecule has 0 amide bonds. The summed E-state index contributed by atoms with van der Waals surface area (Å²) in [5.41, 5.74) is 8.61. The molecule has 9 aromatic carbocycles. The second-order valence-corrected chi connectivity index (χ2v) is 12.7. The maximum absolute atomic E-state index is 6.50. The number of fused-ring (bicyclic) bond motifs is 12. The van der Waals surface area contributed by atoms with E-state index in [1.807, 2.05) is 12.1 Å². The van der Waals surface area contributed by atoms with Crippen molar-refractivity contribution < 1.29 is 8.83 Å². The first-order chi connectivity index (χ1) is 23.8. The fraction of sp³-hybridized carbons (Fsp3) is 0. The molecule has 0 atom stereocenters. The van der Waals surface area contributed by atoms with E-state index in [-0.39, 0.29) is 0 Å². The number of hydrogen-bond acceptors (Lipinski definition) is 2. The van der Waals surface area contributed by atoms with Gasteiger partial charge in [-0.05, 0) is 78.8 Å². The summed E-state index contributed by atoms with van der Waals surface area (Å²) in [6.07, 6.45) is 0. The lowest BCUT2D eigenvalue weighted by Crippen LogP contribution is -1.93. The molecule has 0 unspecified atom stereocenters. The van der Waals surface area contributed by atoms with Crippen LogP contribution >= 0.6 is 0 Å². The van der Waals surface area contributed by atoms with Crippen molar-refractivity contribution in [1.82, 2.24) is 0 Å². The van der Waals surface area contributed by atoms with Gasteiger partial charge in [0.25, 0.3) is 0 Å². The highest BCUT2D eigenvalue weighted by Gasteiger charge is 2.23. The van der Waals surface area contributed by atoms with Gasteiger partial charge >= 0.3 is 0 Å². The first-order valence-corrected chi connectivity index (χ1v) is 16.4. The van der Waals surface area contributed by atoms with Crippen LogP contribution in [0.1, 0.15) is 0 Å². The molecule has 2 nitrogen and oxygen atoms in total. The molecule has 11 aromatic rings. The minimum absolute atomic E-state index is 0.911. The zero-order valence-corrected chi connectivity index (χ0v) is 25.8. The van der Waals surface area contributed by atoms with Gasteiger partial charge in [-0.3, -0.25) is 0 Å². The Labute approximate surface area is 275 Å². The smallest absolute Gasteiger partial charge is 0.143 e. The number of benzene rings is 9. The Kier molecular flexibility index (Phi) is 5.14. The Balaban J connectivity index is 1.33. The van der Waals surface area contributed by atoms with Crippen LogP contribution in [0.3, 0.4) is 0 Å². The minimum atomic E-state index is 0.911. The van der Waals surface area contributed by atoms with Crippen LogP contribution in [-0.2, 0) is 0 Å². The highest BCUT2D eigenvalue weighted by Crippen LogP contribution is 2.49. The molecule has 0 radical (unpaired) electrons. The Morgan fingerprint density at radius 1 is 0.250 bits per heavy atom. The van der Waals surface area contributed by atoms with Crippen molar-refractivity contribution in [3.63, 3.8) is 0 Å². The fourth-order valence-electron chi connectivity index (χ4n) is 8.22.